The largest absolute Gasteiger partial charge is 0.472 e. The number of aliphatic hydroxyl groups excluding tert-OH is 4. The summed E-state index contributed by atoms with van der Waals surface area (Å²) in [4.78, 5) is 54.3. The van der Waals surface area contributed by atoms with E-state index in [1.165, 1.54) is 44.9 Å². The van der Waals surface area contributed by atoms with Gasteiger partial charge in [-0.2, -0.15) is 0 Å². The minimum Gasteiger partial charge on any atom is -0.462 e. The smallest absolute Gasteiger partial charge is 0.462 e. The molecule has 0 aromatic rings. The van der Waals surface area contributed by atoms with E-state index in [-0.39, 0.29) is 12.8 Å². The highest BCUT2D eigenvalue weighted by Crippen LogP contribution is 2.49. The molecule has 2 aliphatic rings. The van der Waals surface area contributed by atoms with Crippen molar-refractivity contribution in [3.05, 3.63) is 24.3 Å². The van der Waals surface area contributed by atoms with Crippen molar-refractivity contribution in [1.29, 1.82) is 0 Å². The standard InChI is InChI=1S/C45H82O17P2/c1-3-5-7-9-11-12-13-14-15-16-17-18-19-23-28-32-39(47)59-35(34-58-64(55,56)62-45-42(50)40(48)41(49)44(43(45)51)61-63(52,53)54)33-57-38(46)31-27-24-20-22-26-30-37-36(60-37)29-25-21-10-8-6-4-2/h12-13,21,25,35-37,40-45,48-51H,3-11,14-20,22-24,26-34H2,1-2H3,(H,55,56)(H2,52,53,54)/b13-12-,25-21-/t35-,36?,37?,40?,41?,42?,43?,44-,45+/m1/s1. The lowest BCUT2D eigenvalue weighted by Gasteiger charge is -2.43. The van der Waals surface area contributed by atoms with Crippen LogP contribution < -0.4 is 0 Å². The summed E-state index contributed by atoms with van der Waals surface area (Å²) < 4.78 is 55.2. The van der Waals surface area contributed by atoms with Gasteiger partial charge >= 0.3 is 27.6 Å². The van der Waals surface area contributed by atoms with E-state index in [1.807, 2.05) is 0 Å². The number of rotatable bonds is 39. The molecule has 0 amide bonds. The molecule has 0 bridgehead atoms. The number of ether oxygens (including phenoxy) is 3. The molecular formula is C45H82O17P2. The third kappa shape index (κ3) is 27.3. The number of unbranched alkanes of at least 4 members (excludes halogenated alkanes) is 18. The second kappa shape index (κ2) is 33.8. The Morgan fingerprint density at radius 1 is 0.562 bits per heavy atom. The maximum absolute atomic E-state index is 13.0. The van der Waals surface area contributed by atoms with Gasteiger partial charge < -0.3 is 49.3 Å². The molecule has 1 heterocycles. The first-order chi connectivity index (χ1) is 30.6. The first-order valence-electron chi connectivity index (χ1n) is 24.0. The first kappa shape index (κ1) is 58.6. The van der Waals surface area contributed by atoms with Crippen LogP contribution in [0, 0.1) is 0 Å². The average Bonchev–Trinajstić information content (AvgIpc) is 4.01. The number of aliphatic hydroxyl groups is 4. The number of phosphoric ester groups is 2. The van der Waals surface area contributed by atoms with Crippen LogP contribution in [-0.4, -0.2) is 115 Å². The van der Waals surface area contributed by atoms with Crippen LogP contribution in [0.3, 0.4) is 0 Å². The summed E-state index contributed by atoms with van der Waals surface area (Å²) in [5.74, 6) is -1.23. The summed E-state index contributed by atoms with van der Waals surface area (Å²) in [6.45, 7) is 3.05. The molecule has 7 N–H and O–H groups in total. The second-order valence-corrected chi connectivity index (χ2v) is 19.8. The van der Waals surface area contributed by atoms with Gasteiger partial charge in [-0.1, -0.05) is 128 Å². The zero-order valence-electron chi connectivity index (χ0n) is 38.4. The van der Waals surface area contributed by atoms with Crippen molar-refractivity contribution >= 4 is 27.6 Å². The quantitative estimate of drug-likeness (QED) is 0.0101. The van der Waals surface area contributed by atoms with Crippen LogP contribution in [0.15, 0.2) is 24.3 Å². The molecule has 0 spiro atoms. The molecule has 374 valence electrons. The lowest BCUT2D eigenvalue weighted by molar-refractivity contribution is -0.216. The van der Waals surface area contributed by atoms with Crippen LogP contribution >= 0.6 is 15.6 Å². The second-order valence-electron chi connectivity index (χ2n) is 17.2. The SMILES string of the molecule is CCCCC/C=C\CC1OC1CCCCCCCC(=O)OC[C@H](COP(=O)(O)O[C@H]1C(O)C(O)C(O)[C@@H](OP(=O)(O)O)C1O)OC(=O)CCCCCCCCC/C=C\CCCCCC. The number of allylic oxidation sites excluding steroid dienone is 3. The number of esters is 2. The molecule has 1 aliphatic carbocycles. The van der Waals surface area contributed by atoms with Gasteiger partial charge in [0.1, 0.15) is 43.2 Å². The van der Waals surface area contributed by atoms with E-state index in [1.54, 1.807) is 0 Å². The maximum atomic E-state index is 13.0. The fourth-order valence-corrected chi connectivity index (χ4v) is 9.10. The Balaban J connectivity index is 1.79. The number of hydrogen-bond acceptors (Lipinski definition) is 14. The summed E-state index contributed by atoms with van der Waals surface area (Å²) >= 11 is 0. The third-order valence-corrected chi connectivity index (χ3v) is 12.9. The Hall–Kier alpha value is -1.56. The number of carbonyl (C=O) groups excluding carboxylic acids is 2. The molecule has 2 rings (SSSR count). The van der Waals surface area contributed by atoms with Crippen molar-refractivity contribution in [2.24, 2.45) is 0 Å². The minimum absolute atomic E-state index is 0.0338. The molecule has 64 heavy (non-hydrogen) atoms. The van der Waals surface area contributed by atoms with Crippen molar-refractivity contribution in [2.75, 3.05) is 13.2 Å². The Labute approximate surface area is 381 Å². The molecule has 19 heteroatoms. The predicted molar refractivity (Wildman–Crippen MR) is 241 cm³/mol. The molecular weight excluding hydrogens is 874 g/mol. The Bertz CT molecular complexity index is 1410. The van der Waals surface area contributed by atoms with Gasteiger partial charge in [-0.3, -0.25) is 23.2 Å². The van der Waals surface area contributed by atoms with Gasteiger partial charge in [0.2, 0.25) is 0 Å². The van der Waals surface area contributed by atoms with Crippen molar-refractivity contribution in [3.8, 4) is 0 Å². The van der Waals surface area contributed by atoms with Gasteiger partial charge in [0.05, 0.1) is 18.8 Å². The highest BCUT2D eigenvalue weighted by Gasteiger charge is 2.54. The van der Waals surface area contributed by atoms with E-state index in [9.17, 15) is 53.8 Å². The van der Waals surface area contributed by atoms with E-state index in [2.05, 4.69) is 42.7 Å². The van der Waals surface area contributed by atoms with Gasteiger partial charge in [0.25, 0.3) is 0 Å². The number of carbonyl (C=O) groups is 2. The maximum Gasteiger partial charge on any atom is 0.472 e. The van der Waals surface area contributed by atoms with Crippen molar-refractivity contribution in [1.82, 2.24) is 0 Å². The van der Waals surface area contributed by atoms with Crippen molar-refractivity contribution in [2.45, 2.75) is 236 Å². The van der Waals surface area contributed by atoms with Crippen molar-refractivity contribution in [3.63, 3.8) is 0 Å². The molecule has 2 fully saturated rings. The molecule has 1 aliphatic heterocycles. The van der Waals surface area contributed by atoms with Gasteiger partial charge in [-0.15, -0.1) is 0 Å². The molecule has 0 radical (unpaired) electrons. The normalized spacial score (nSPS) is 25.1. The monoisotopic (exact) mass is 957 g/mol. The van der Waals surface area contributed by atoms with Gasteiger partial charge in [-0.05, 0) is 64.2 Å². The van der Waals surface area contributed by atoms with Crippen LogP contribution in [0.5, 0.6) is 0 Å². The van der Waals surface area contributed by atoms with Gasteiger partial charge in [0, 0.05) is 12.8 Å². The third-order valence-electron chi connectivity index (χ3n) is 11.4. The van der Waals surface area contributed by atoms with Crippen molar-refractivity contribution < 1.29 is 81.6 Å². The molecule has 17 nitrogen and oxygen atoms in total. The Kier molecular flexibility index (Phi) is 31.0. The number of epoxide rings is 1. The lowest BCUT2D eigenvalue weighted by atomic mass is 9.85. The zero-order chi connectivity index (χ0) is 47.2. The molecule has 0 aromatic heterocycles. The Morgan fingerprint density at radius 3 is 1.64 bits per heavy atom. The summed E-state index contributed by atoms with van der Waals surface area (Å²) in [5.41, 5.74) is 0. The van der Waals surface area contributed by atoms with E-state index in [4.69, 9.17) is 23.3 Å². The topological polar surface area (TPSA) is 269 Å². The van der Waals surface area contributed by atoms with Crippen LogP contribution in [0.2, 0.25) is 0 Å². The summed E-state index contributed by atoms with van der Waals surface area (Å²) in [5, 5.41) is 41.2. The van der Waals surface area contributed by atoms with E-state index < -0.39 is 83.5 Å². The minimum atomic E-state index is -5.37. The van der Waals surface area contributed by atoms with Crippen LogP contribution in [-0.2, 0) is 46.5 Å². The fraction of sp³-hybridized carbons (Fsp3) is 0.867. The number of phosphoric acid groups is 2. The first-order valence-corrected chi connectivity index (χ1v) is 27.0. The van der Waals surface area contributed by atoms with Gasteiger partial charge in [-0.25, -0.2) is 9.13 Å². The molecule has 10 atom stereocenters. The fourth-order valence-electron chi connectivity index (χ4n) is 7.56. The molecule has 1 saturated carbocycles. The molecule has 7 unspecified atom stereocenters. The summed E-state index contributed by atoms with van der Waals surface area (Å²) in [6.07, 6.45) is 20.1. The van der Waals surface area contributed by atoms with Crippen LogP contribution in [0.25, 0.3) is 0 Å². The van der Waals surface area contributed by atoms with Crippen LogP contribution in [0.4, 0.5) is 0 Å². The Morgan fingerprint density at radius 2 is 1.05 bits per heavy atom. The predicted octanol–water partition coefficient (Wildman–Crippen LogP) is 7.94. The van der Waals surface area contributed by atoms with E-state index in [0.29, 0.717) is 25.0 Å². The molecule has 0 aromatic carbocycles. The highest BCUT2D eigenvalue weighted by atomic mass is 31.2. The average molecular weight is 957 g/mol. The lowest BCUT2D eigenvalue weighted by Crippen LogP contribution is -2.64. The summed E-state index contributed by atoms with van der Waals surface area (Å²) in [6, 6.07) is 0. The van der Waals surface area contributed by atoms with E-state index in [0.717, 1.165) is 96.3 Å². The highest BCUT2D eigenvalue weighted by molar-refractivity contribution is 7.47. The van der Waals surface area contributed by atoms with Crippen LogP contribution in [0.1, 0.15) is 181 Å². The molecule has 1 saturated heterocycles. The number of hydrogen-bond donors (Lipinski definition) is 7. The van der Waals surface area contributed by atoms with E-state index >= 15 is 0 Å². The summed E-state index contributed by atoms with van der Waals surface area (Å²) in [7, 11) is -10.7. The zero-order valence-corrected chi connectivity index (χ0v) is 40.2. The van der Waals surface area contributed by atoms with Gasteiger partial charge in [0.15, 0.2) is 6.10 Å².